The van der Waals surface area contributed by atoms with Crippen molar-refractivity contribution in [3.63, 3.8) is 0 Å². The number of hydrogen-bond donors (Lipinski definition) is 2. The molecule has 2 amide bonds. The molecule has 0 spiro atoms. The molecule has 2 N–H and O–H groups in total. The monoisotopic (exact) mass is 392 g/mol. The van der Waals surface area contributed by atoms with E-state index in [0.717, 1.165) is 42.6 Å². The van der Waals surface area contributed by atoms with Crippen LogP contribution in [0.25, 0.3) is 0 Å². The number of alkyl halides is 2. The smallest absolute Gasteiger partial charge is 0.387 e. The predicted molar refractivity (Wildman–Crippen MR) is 101 cm³/mol. The Morgan fingerprint density at radius 3 is 2.89 bits per heavy atom. The van der Waals surface area contributed by atoms with Gasteiger partial charge in [-0.25, -0.2) is 4.79 Å². The molecule has 8 heteroatoms. The Morgan fingerprint density at radius 2 is 2.18 bits per heavy atom. The number of likely N-dealkylation sites (tertiary alicyclic amines) is 1. The first-order valence-corrected chi connectivity index (χ1v) is 9.55. The number of carbonyl (C=O) groups excluding carboxylic acids is 1. The first kappa shape index (κ1) is 20.1. The van der Waals surface area contributed by atoms with Gasteiger partial charge in [0.05, 0.1) is 11.7 Å². The highest BCUT2D eigenvalue weighted by Crippen LogP contribution is 2.33. The Morgan fingerprint density at radius 1 is 1.36 bits per heavy atom. The lowest BCUT2D eigenvalue weighted by atomic mass is 9.99. The third-order valence-corrected chi connectivity index (χ3v) is 5.10. The molecule has 0 saturated carbocycles. The fourth-order valence-corrected chi connectivity index (χ4v) is 3.81. The number of carbonyl (C=O) groups is 1. The number of amides is 2. The van der Waals surface area contributed by atoms with E-state index in [4.69, 9.17) is 0 Å². The second-order valence-corrected chi connectivity index (χ2v) is 7.09. The molecule has 2 heterocycles. The zero-order valence-corrected chi connectivity index (χ0v) is 16.2. The molecule has 1 aliphatic rings. The summed E-state index contributed by atoms with van der Waals surface area (Å²) in [5.74, 6) is 0.0824. The highest BCUT2D eigenvalue weighted by Gasteiger charge is 2.30. The highest BCUT2D eigenvalue weighted by atomic mass is 19.3. The van der Waals surface area contributed by atoms with Crippen molar-refractivity contribution in [1.29, 1.82) is 0 Å². The van der Waals surface area contributed by atoms with Gasteiger partial charge in [0.2, 0.25) is 0 Å². The molecule has 1 aromatic carbocycles. The summed E-state index contributed by atoms with van der Waals surface area (Å²) in [6, 6.07) is 6.19. The van der Waals surface area contributed by atoms with Crippen molar-refractivity contribution in [2.45, 2.75) is 58.7 Å². The summed E-state index contributed by atoms with van der Waals surface area (Å²) in [5, 5.41) is 10.2. The second-order valence-electron chi connectivity index (χ2n) is 7.09. The zero-order valence-electron chi connectivity index (χ0n) is 16.2. The molecule has 28 heavy (non-hydrogen) atoms. The SMILES string of the molecule is Cc1n[nH]c(C)c1C1CCCCCN1C(=O)NCc1cccc(OC(F)F)c1. The van der Waals surface area contributed by atoms with Gasteiger partial charge >= 0.3 is 12.6 Å². The van der Waals surface area contributed by atoms with Crippen molar-refractivity contribution in [3.8, 4) is 5.75 Å². The first-order valence-electron chi connectivity index (χ1n) is 9.55. The highest BCUT2D eigenvalue weighted by molar-refractivity contribution is 5.75. The normalized spacial score (nSPS) is 17.5. The molecule has 0 radical (unpaired) electrons. The van der Waals surface area contributed by atoms with E-state index < -0.39 is 6.61 Å². The Kier molecular flexibility index (Phi) is 6.49. The minimum atomic E-state index is -2.87. The van der Waals surface area contributed by atoms with Crippen molar-refractivity contribution in [2.75, 3.05) is 6.54 Å². The van der Waals surface area contributed by atoms with Gasteiger partial charge in [-0.3, -0.25) is 5.10 Å². The molecule has 0 bridgehead atoms. The molecule has 1 aromatic heterocycles. The lowest BCUT2D eigenvalue weighted by Gasteiger charge is -2.30. The van der Waals surface area contributed by atoms with Crippen molar-refractivity contribution in [1.82, 2.24) is 20.4 Å². The fraction of sp³-hybridized carbons (Fsp3) is 0.500. The maximum absolute atomic E-state index is 12.9. The van der Waals surface area contributed by atoms with Crippen LogP contribution < -0.4 is 10.1 Å². The van der Waals surface area contributed by atoms with Gasteiger partial charge in [0, 0.05) is 24.3 Å². The number of urea groups is 1. The number of hydrogen-bond acceptors (Lipinski definition) is 3. The quantitative estimate of drug-likeness (QED) is 0.790. The molecule has 3 rings (SSSR count). The number of ether oxygens (including phenoxy) is 1. The van der Waals surface area contributed by atoms with Gasteiger partial charge in [-0.15, -0.1) is 0 Å². The Hall–Kier alpha value is -2.64. The van der Waals surface area contributed by atoms with Crippen LogP contribution in [-0.4, -0.2) is 34.3 Å². The van der Waals surface area contributed by atoms with E-state index >= 15 is 0 Å². The predicted octanol–water partition coefficient (Wildman–Crippen LogP) is 4.45. The summed E-state index contributed by atoms with van der Waals surface area (Å²) in [6.07, 6.45) is 4.00. The zero-order chi connectivity index (χ0) is 20.1. The van der Waals surface area contributed by atoms with E-state index in [1.165, 1.54) is 12.1 Å². The molecule has 1 saturated heterocycles. The van der Waals surface area contributed by atoms with E-state index in [1.54, 1.807) is 12.1 Å². The average Bonchev–Trinajstić information content (AvgIpc) is 2.85. The number of rotatable bonds is 5. The van der Waals surface area contributed by atoms with Gasteiger partial charge in [-0.05, 0) is 44.4 Å². The molecule has 1 fully saturated rings. The third-order valence-electron chi connectivity index (χ3n) is 5.10. The second kappa shape index (κ2) is 9.03. The minimum absolute atomic E-state index is 0.0187. The van der Waals surface area contributed by atoms with Crippen molar-refractivity contribution in [2.24, 2.45) is 0 Å². The molecule has 1 aliphatic heterocycles. The van der Waals surface area contributed by atoms with Crippen LogP contribution in [0.2, 0.25) is 0 Å². The van der Waals surface area contributed by atoms with Gasteiger partial charge in [0.25, 0.3) is 0 Å². The number of aromatic amines is 1. The van der Waals surface area contributed by atoms with Crippen molar-refractivity contribution in [3.05, 3.63) is 46.8 Å². The number of nitrogens with one attached hydrogen (secondary N) is 2. The van der Waals surface area contributed by atoms with E-state index in [2.05, 4.69) is 20.3 Å². The van der Waals surface area contributed by atoms with Gasteiger partial charge in [0.15, 0.2) is 0 Å². The van der Waals surface area contributed by atoms with Gasteiger partial charge in [-0.2, -0.15) is 13.9 Å². The summed E-state index contributed by atoms with van der Waals surface area (Å²) in [5.41, 5.74) is 3.69. The molecular weight excluding hydrogens is 366 g/mol. The lowest BCUT2D eigenvalue weighted by Crippen LogP contribution is -2.42. The first-order chi connectivity index (χ1) is 13.5. The van der Waals surface area contributed by atoms with Crippen LogP contribution in [-0.2, 0) is 6.54 Å². The van der Waals surface area contributed by atoms with Crippen LogP contribution in [0.4, 0.5) is 13.6 Å². The molecule has 2 aromatic rings. The fourth-order valence-electron chi connectivity index (χ4n) is 3.81. The summed E-state index contributed by atoms with van der Waals surface area (Å²) < 4.78 is 29.2. The number of aromatic nitrogens is 2. The Labute approximate surface area is 163 Å². The number of benzene rings is 1. The molecule has 0 aliphatic carbocycles. The van der Waals surface area contributed by atoms with Crippen LogP contribution in [0.15, 0.2) is 24.3 Å². The van der Waals surface area contributed by atoms with Gasteiger partial charge in [-0.1, -0.05) is 25.0 Å². The minimum Gasteiger partial charge on any atom is -0.435 e. The molecule has 152 valence electrons. The van der Waals surface area contributed by atoms with E-state index in [-0.39, 0.29) is 24.4 Å². The van der Waals surface area contributed by atoms with Crippen LogP contribution >= 0.6 is 0 Å². The average molecular weight is 392 g/mol. The topological polar surface area (TPSA) is 70.2 Å². The molecule has 6 nitrogen and oxygen atoms in total. The van der Waals surface area contributed by atoms with E-state index in [9.17, 15) is 13.6 Å². The summed E-state index contributed by atoms with van der Waals surface area (Å²) in [4.78, 5) is 14.8. The van der Waals surface area contributed by atoms with Gasteiger partial charge < -0.3 is 15.0 Å². The molecule has 1 unspecified atom stereocenters. The van der Waals surface area contributed by atoms with Crippen molar-refractivity contribution < 1.29 is 18.3 Å². The standard InChI is InChI=1S/C20H26F2N4O2/c1-13-18(14(2)25-24-13)17-9-4-3-5-10-26(17)20(27)23-12-15-7-6-8-16(11-15)28-19(21)22/h6-8,11,17,19H,3-5,9-10,12H2,1-2H3,(H,23,27)(H,24,25). The largest absolute Gasteiger partial charge is 0.435 e. The Bertz CT molecular complexity index is 790. The maximum Gasteiger partial charge on any atom is 0.387 e. The molecular formula is C20H26F2N4O2. The number of halogens is 2. The molecule has 1 atom stereocenters. The van der Waals surface area contributed by atoms with Gasteiger partial charge in [0.1, 0.15) is 5.75 Å². The van der Waals surface area contributed by atoms with Crippen molar-refractivity contribution >= 4 is 6.03 Å². The number of H-pyrrole nitrogens is 1. The van der Waals surface area contributed by atoms with Crippen LogP contribution in [0.3, 0.4) is 0 Å². The maximum atomic E-state index is 12.9. The van der Waals surface area contributed by atoms with E-state index in [1.807, 2.05) is 18.7 Å². The summed E-state index contributed by atoms with van der Waals surface area (Å²) >= 11 is 0. The Balaban J connectivity index is 1.71. The summed E-state index contributed by atoms with van der Waals surface area (Å²) in [6.45, 7) is 1.98. The van der Waals surface area contributed by atoms with Crippen LogP contribution in [0.1, 0.15) is 54.2 Å². The number of aryl methyl sites for hydroxylation is 2. The van der Waals surface area contributed by atoms with Crippen LogP contribution in [0.5, 0.6) is 5.75 Å². The van der Waals surface area contributed by atoms with E-state index in [0.29, 0.717) is 12.1 Å². The summed E-state index contributed by atoms with van der Waals surface area (Å²) in [7, 11) is 0. The van der Waals surface area contributed by atoms with Crippen LogP contribution in [0, 0.1) is 13.8 Å². The lowest BCUT2D eigenvalue weighted by molar-refractivity contribution is -0.0498. The third kappa shape index (κ3) is 4.79. The number of nitrogens with zero attached hydrogens (tertiary/aromatic N) is 2.